The molecule has 36 heavy (non-hydrogen) atoms. The summed E-state index contributed by atoms with van der Waals surface area (Å²) in [5.41, 5.74) is 15.0. The van der Waals surface area contributed by atoms with Crippen molar-refractivity contribution in [3.63, 3.8) is 0 Å². The number of nitrogens with two attached hydrogens (primary N) is 1. The SMILES string of the molecule is CCCCOc1nc(N)c2[nH]c(=O)n(Cc3cn(CCOCCOCCOCCN=[N+]=[N-])nn3)c2n1. The molecule has 0 unspecified atom stereocenters. The van der Waals surface area contributed by atoms with Crippen LogP contribution in [0.3, 0.4) is 0 Å². The lowest BCUT2D eigenvalue weighted by Crippen LogP contribution is -2.18. The first-order valence-corrected chi connectivity index (χ1v) is 11.6. The number of anilines is 1. The number of ether oxygens (including phenoxy) is 4. The molecule has 3 heterocycles. The number of hydrogen-bond acceptors (Lipinski definition) is 11. The second kappa shape index (κ2) is 14.6. The largest absolute Gasteiger partial charge is 0.463 e. The predicted octanol–water partition coefficient (Wildman–Crippen LogP) is 0.881. The summed E-state index contributed by atoms with van der Waals surface area (Å²) in [6.45, 7) is 5.97. The number of unbranched alkanes of at least 4 members (excludes halogenated alkanes) is 1. The summed E-state index contributed by atoms with van der Waals surface area (Å²) in [7, 11) is 0. The van der Waals surface area contributed by atoms with Gasteiger partial charge in [-0.15, -0.1) is 5.10 Å². The van der Waals surface area contributed by atoms with Crippen LogP contribution >= 0.6 is 0 Å². The van der Waals surface area contributed by atoms with Crippen molar-refractivity contribution in [2.24, 2.45) is 5.11 Å². The maximum atomic E-state index is 12.5. The van der Waals surface area contributed by atoms with Gasteiger partial charge in [-0.2, -0.15) is 9.97 Å². The van der Waals surface area contributed by atoms with E-state index in [0.29, 0.717) is 76.2 Å². The van der Waals surface area contributed by atoms with E-state index in [2.05, 4.69) is 42.2 Å². The van der Waals surface area contributed by atoms with Gasteiger partial charge in [0.25, 0.3) is 0 Å². The average molecular weight is 506 g/mol. The van der Waals surface area contributed by atoms with E-state index in [1.54, 1.807) is 10.9 Å². The molecule has 0 aliphatic heterocycles. The van der Waals surface area contributed by atoms with Gasteiger partial charge < -0.3 is 29.7 Å². The Morgan fingerprint density at radius 3 is 2.61 bits per heavy atom. The smallest absolute Gasteiger partial charge is 0.328 e. The molecule has 0 spiro atoms. The molecule has 3 aromatic heterocycles. The van der Waals surface area contributed by atoms with E-state index in [0.717, 1.165) is 12.8 Å². The minimum Gasteiger partial charge on any atom is -0.463 e. The van der Waals surface area contributed by atoms with Gasteiger partial charge in [0.1, 0.15) is 11.2 Å². The Kier molecular flexibility index (Phi) is 10.9. The van der Waals surface area contributed by atoms with Gasteiger partial charge in [0.2, 0.25) is 0 Å². The summed E-state index contributed by atoms with van der Waals surface area (Å²) in [6.07, 6.45) is 3.57. The van der Waals surface area contributed by atoms with Crippen LogP contribution in [0.2, 0.25) is 0 Å². The first-order valence-electron chi connectivity index (χ1n) is 11.6. The number of imidazole rings is 1. The first-order chi connectivity index (χ1) is 17.6. The second-order valence-corrected chi connectivity index (χ2v) is 7.57. The molecule has 0 radical (unpaired) electrons. The number of H-pyrrole nitrogens is 1. The lowest BCUT2D eigenvalue weighted by molar-refractivity contribution is 0.0141. The van der Waals surface area contributed by atoms with Crippen LogP contribution in [0.1, 0.15) is 25.5 Å². The van der Waals surface area contributed by atoms with Gasteiger partial charge in [0, 0.05) is 11.5 Å². The van der Waals surface area contributed by atoms with Crippen LogP contribution in [-0.2, 0) is 27.3 Å². The fourth-order valence-electron chi connectivity index (χ4n) is 3.08. The topological polar surface area (TPSA) is 206 Å². The highest BCUT2D eigenvalue weighted by molar-refractivity contribution is 5.81. The molecule has 0 saturated carbocycles. The summed E-state index contributed by atoms with van der Waals surface area (Å²) in [6, 6.07) is 0.129. The van der Waals surface area contributed by atoms with E-state index in [1.165, 1.54) is 4.57 Å². The van der Waals surface area contributed by atoms with Crippen molar-refractivity contribution in [3.05, 3.63) is 32.8 Å². The van der Waals surface area contributed by atoms with Crippen LogP contribution in [0.25, 0.3) is 21.6 Å². The summed E-state index contributed by atoms with van der Waals surface area (Å²) >= 11 is 0. The monoisotopic (exact) mass is 505 g/mol. The molecule has 0 aliphatic carbocycles. The highest BCUT2D eigenvalue weighted by Crippen LogP contribution is 2.18. The Bertz CT molecular complexity index is 1180. The van der Waals surface area contributed by atoms with Crippen molar-refractivity contribution in [3.8, 4) is 6.01 Å². The molecule has 0 aliphatic rings. The molecule has 0 saturated heterocycles. The minimum atomic E-state index is -0.379. The maximum Gasteiger partial charge on any atom is 0.328 e. The van der Waals surface area contributed by atoms with Crippen molar-refractivity contribution in [1.82, 2.24) is 34.5 Å². The fraction of sp³-hybridized carbons (Fsp3) is 0.650. The zero-order valence-corrected chi connectivity index (χ0v) is 20.2. The third-order valence-electron chi connectivity index (χ3n) is 4.87. The first kappa shape index (κ1) is 26.9. The molecule has 0 amide bonds. The van der Waals surface area contributed by atoms with E-state index in [9.17, 15) is 4.79 Å². The fourth-order valence-corrected chi connectivity index (χ4v) is 3.08. The number of nitrogens with one attached hydrogen (secondary N) is 1. The zero-order chi connectivity index (χ0) is 25.6. The molecule has 0 aromatic carbocycles. The standard InChI is InChI=1S/C20H31N11O5/c1-2-3-6-36-19-25-17(21)16-18(26-19)31(20(32)24-16)14-15-13-30(29-27-15)5-8-34-10-12-35-11-9-33-7-4-23-28-22/h13H,2-12,14H2,1H3,(H,24,32)(H2,21,25,26). The van der Waals surface area contributed by atoms with Gasteiger partial charge >= 0.3 is 11.7 Å². The molecule has 3 rings (SSSR count). The lowest BCUT2D eigenvalue weighted by Gasteiger charge is -2.06. The molecule has 3 aromatic rings. The molecule has 0 bridgehead atoms. The van der Waals surface area contributed by atoms with Crippen LogP contribution in [0.4, 0.5) is 5.82 Å². The van der Waals surface area contributed by atoms with Gasteiger partial charge in [-0.3, -0.25) is 4.57 Å². The Morgan fingerprint density at radius 2 is 1.86 bits per heavy atom. The van der Waals surface area contributed by atoms with E-state index in [-0.39, 0.29) is 24.1 Å². The third-order valence-corrected chi connectivity index (χ3v) is 4.87. The van der Waals surface area contributed by atoms with Gasteiger partial charge in [-0.05, 0) is 12.0 Å². The molecule has 0 fully saturated rings. The van der Waals surface area contributed by atoms with E-state index < -0.39 is 0 Å². The van der Waals surface area contributed by atoms with Crippen LogP contribution in [0, 0.1) is 0 Å². The van der Waals surface area contributed by atoms with Crippen molar-refractivity contribution in [1.29, 1.82) is 0 Å². The number of rotatable bonds is 18. The van der Waals surface area contributed by atoms with Gasteiger partial charge in [-0.1, -0.05) is 23.7 Å². The molecule has 3 N–H and O–H groups in total. The maximum absolute atomic E-state index is 12.5. The van der Waals surface area contributed by atoms with Gasteiger partial charge in [-0.25, -0.2) is 9.48 Å². The van der Waals surface area contributed by atoms with Crippen molar-refractivity contribution in [2.45, 2.75) is 32.9 Å². The number of azide groups is 1. The quantitative estimate of drug-likeness (QED) is 0.108. The van der Waals surface area contributed by atoms with Crippen LogP contribution in [0.5, 0.6) is 6.01 Å². The average Bonchev–Trinajstić information content (AvgIpc) is 3.44. The van der Waals surface area contributed by atoms with Crippen molar-refractivity contribution >= 4 is 17.0 Å². The van der Waals surface area contributed by atoms with Gasteiger partial charge in [0.15, 0.2) is 11.5 Å². The summed E-state index contributed by atoms with van der Waals surface area (Å²) in [4.78, 5) is 26.3. The molecule has 16 heteroatoms. The highest BCUT2D eigenvalue weighted by atomic mass is 16.5. The third kappa shape index (κ3) is 8.20. The Morgan fingerprint density at radius 1 is 1.11 bits per heavy atom. The molecular formula is C20H31N11O5. The summed E-state index contributed by atoms with van der Waals surface area (Å²) in [5.74, 6) is 0.144. The lowest BCUT2D eigenvalue weighted by atomic mass is 10.4. The van der Waals surface area contributed by atoms with E-state index >= 15 is 0 Å². The number of nitrogen functional groups attached to an aromatic ring is 1. The summed E-state index contributed by atoms with van der Waals surface area (Å²) < 4.78 is 24.8. The number of nitrogens with zero attached hydrogens (tertiary/aromatic N) is 9. The Labute approximate surface area is 206 Å². The number of fused-ring (bicyclic) bond motifs is 1. The van der Waals surface area contributed by atoms with Crippen molar-refractivity contribution < 1.29 is 18.9 Å². The van der Waals surface area contributed by atoms with E-state index in [1.807, 2.05) is 0 Å². The van der Waals surface area contributed by atoms with E-state index in [4.69, 9.17) is 30.2 Å². The molecule has 196 valence electrons. The molecule has 0 atom stereocenters. The molecular weight excluding hydrogens is 474 g/mol. The predicted molar refractivity (Wildman–Crippen MR) is 129 cm³/mol. The number of aromatic amines is 1. The Balaban J connectivity index is 1.42. The second-order valence-electron chi connectivity index (χ2n) is 7.57. The van der Waals surface area contributed by atoms with Gasteiger partial charge in [0.05, 0.1) is 65.5 Å². The highest BCUT2D eigenvalue weighted by Gasteiger charge is 2.16. The summed E-state index contributed by atoms with van der Waals surface area (Å²) in [5, 5.41) is 11.6. The zero-order valence-electron chi connectivity index (χ0n) is 20.2. The molecule has 16 nitrogen and oxygen atoms in total. The normalized spacial score (nSPS) is 11.1. The van der Waals surface area contributed by atoms with Crippen molar-refractivity contribution in [2.75, 3.05) is 58.5 Å². The van der Waals surface area contributed by atoms with Crippen LogP contribution in [-0.4, -0.2) is 87.3 Å². The number of aromatic nitrogens is 7. The Hall–Kier alpha value is -3.72. The number of hydrogen-bond donors (Lipinski definition) is 2. The van der Waals surface area contributed by atoms with Crippen LogP contribution < -0.4 is 16.2 Å². The minimum absolute atomic E-state index is 0.129. The van der Waals surface area contributed by atoms with Crippen LogP contribution in [0.15, 0.2) is 16.1 Å².